The van der Waals surface area contributed by atoms with Gasteiger partial charge in [0, 0.05) is 15.1 Å². The molecule has 1 aliphatic carbocycles. The first-order valence-electron chi connectivity index (χ1n) is 15.1. The molecule has 4 heteroatoms. The number of benzene rings is 2. The summed E-state index contributed by atoms with van der Waals surface area (Å²) in [4.78, 5) is 13.4. The molecule has 2 atom stereocenters. The van der Waals surface area contributed by atoms with Gasteiger partial charge in [0.15, 0.2) is 5.78 Å². The van der Waals surface area contributed by atoms with Gasteiger partial charge in [-0.25, -0.2) is 0 Å². The molecule has 2 aliphatic rings. The Morgan fingerprint density at radius 1 is 1.08 bits per heavy atom. The normalized spacial score (nSPS) is 17.6. The summed E-state index contributed by atoms with van der Waals surface area (Å²) in [5.74, 6) is 2.06. The molecule has 2 unspecified atom stereocenters. The molecule has 1 aliphatic heterocycles. The SMILES string of the molecule is C/C=C(/C(=O)C1COc2ccc(Cl)cc2C1)c1ccc(Br)cc1C(C)CC.CC.CC.CCC1(C(C)C)CC1. The lowest BCUT2D eigenvalue weighted by Crippen LogP contribution is -2.29. The van der Waals surface area contributed by atoms with Crippen molar-refractivity contribution in [2.45, 2.75) is 107 Å². The predicted molar refractivity (Wildman–Crippen MR) is 175 cm³/mol. The van der Waals surface area contributed by atoms with E-state index in [0.29, 0.717) is 24.0 Å². The number of hydrogen-bond acceptors (Lipinski definition) is 2. The lowest BCUT2D eigenvalue weighted by Gasteiger charge is -2.26. The molecule has 39 heavy (non-hydrogen) atoms. The monoisotopic (exact) mass is 618 g/mol. The maximum absolute atomic E-state index is 13.4. The topological polar surface area (TPSA) is 26.3 Å². The van der Waals surface area contributed by atoms with Gasteiger partial charge in [0.1, 0.15) is 5.75 Å². The lowest BCUT2D eigenvalue weighted by atomic mass is 9.83. The zero-order chi connectivity index (χ0) is 29.8. The van der Waals surface area contributed by atoms with Gasteiger partial charge >= 0.3 is 0 Å². The Balaban J connectivity index is 0.000000532. The third-order valence-electron chi connectivity index (χ3n) is 8.12. The number of rotatable bonds is 7. The van der Waals surface area contributed by atoms with Crippen LogP contribution in [0.2, 0.25) is 5.02 Å². The first kappa shape index (κ1) is 35.4. The summed E-state index contributed by atoms with van der Waals surface area (Å²) < 4.78 is 6.88. The molecule has 0 N–H and O–H groups in total. The summed E-state index contributed by atoms with van der Waals surface area (Å²) in [5, 5.41) is 0.670. The van der Waals surface area contributed by atoms with Crippen LogP contribution in [0.3, 0.4) is 0 Å². The second-order valence-electron chi connectivity index (χ2n) is 10.4. The van der Waals surface area contributed by atoms with E-state index in [9.17, 15) is 4.79 Å². The average molecular weight is 620 g/mol. The predicted octanol–water partition coefficient (Wildman–Crippen LogP) is 11.7. The van der Waals surface area contributed by atoms with Gasteiger partial charge in [-0.1, -0.05) is 108 Å². The quantitative estimate of drug-likeness (QED) is 0.288. The number of hydrogen-bond donors (Lipinski definition) is 0. The molecule has 218 valence electrons. The zero-order valence-electron chi connectivity index (χ0n) is 26.1. The molecule has 0 amide bonds. The van der Waals surface area contributed by atoms with Crippen molar-refractivity contribution >= 4 is 38.9 Å². The largest absolute Gasteiger partial charge is 0.493 e. The molecular weight excluding hydrogens is 568 g/mol. The summed E-state index contributed by atoms with van der Waals surface area (Å²) in [6.45, 7) is 21.7. The van der Waals surface area contributed by atoms with Gasteiger partial charge in [-0.3, -0.25) is 4.79 Å². The highest BCUT2D eigenvalue weighted by molar-refractivity contribution is 9.10. The van der Waals surface area contributed by atoms with Gasteiger partial charge in [-0.2, -0.15) is 0 Å². The number of Topliss-reactive ketones (excluding diaryl/α,β-unsaturated/α-hetero) is 1. The van der Waals surface area contributed by atoms with Crippen molar-refractivity contribution in [1.82, 2.24) is 0 Å². The third-order valence-corrected chi connectivity index (χ3v) is 8.85. The fourth-order valence-corrected chi connectivity index (χ4v) is 5.66. The molecule has 1 saturated carbocycles. The summed E-state index contributed by atoms with van der Waals surface area (Å²) in [6.07, 6.45) is 7.98. The number of ketones is 1. The number of halogens is 2. The van der Waals surface area contributed by atoms with Crippen LogP contribution in [0.1, 0.15) is 118 Å². The summed E-state index contributed by atoms with van der Waals surface area (Å²) in [5.41, 5.74) is 4.79. The Hall–Kier alpha value is -1.58. The summed E-state index contributed by atoms with van der Waals surface area (Å²) >= 11 is 9.69. The van der Waals surface area contributed by atoms with Crippen molar-refractivity contribution in [3.8, 4) is 5.75 Å². The summed E-state index contributed by atoms with van der Waals surface area (Å²) in [7, 11) is 0. The van der Waals surface area contributed by atoms with E-state index in [0.717, 1.165) is 44.7 Å². The number of fused-ring (bicyclic) bond motifs is 1. The van der Waals surface area contributed by atoms with Crippen LogP contribution in [0, 0.1) is 17.3 Å². The average Bonchev–Trinajstić information content (AvgIpc) is 3.77. The fourth-order valence-electron chi connectivity index (χ4n) is 5.09. The Kier molecular flexibility index (Phi) is 15.7. The van der Waals surface area contributed by atoms with E-state index in [1.807, 2.05) is 71.0 Å². The van der Waals surface area contributed by atoms with Gasteiger partial charge in [-0.15, -0.1) is 0 Å². The Morgan fingerprint density at radius 3 is 2.21 bits per heavy atom. The highest BCUT2D eigenvalue weighted by Gasteiger charge is 2.43. The Bertz CT molecular complexity index is 1070. The van der Waals surface area contributed by atoms with Crippen LogP contribution < -0.4 is 4.74 Å². The fraction of sp³-hybridized carbons (Fsp3) is 0.571. The van der Waals surface area contributed by atoms with E-state index < -0.39 is 0 Å². The first-order chi connectivity index (χ1) is 18.7. The lowest BCUT2D eigenvalue weighted by molar-refractivity contribution is -0.118. The Morgan fingerprint density at radius 2 is 1.72 bits per heavy atom. The molecule has 0 radical (unpaired) electrons. The minimum absolute atomic E-state index is 0.134. The van der Waals surface area contributed by atoms with Crippen LogP contribution in [-0.2, 0) is 11.2 Å². The molecule has 4 rings (SSSR count). The van der Waals surface area contributed by atoms with Crippen molar-refractivity contribution in [2.75, 3.05) is 6.61 Å². The third kappa shape index (κ3) is 9.49. The molecular formula is C35H52BrClO2. The maximum atomic E-state index is 13.4. The van der Waals surface area contributed by atoms with Gasteiger partial charge in [0.05, 0.1) is 12.5 Å². The van der Waals surface area contributed by atoms with Gasteiger partial charge in [0.25, 0.3) is 0 Å². The van der Waals surface area contributed by atoms with Crippen LogP contribution in [0.5, 0.6) is 5.75 Å². The molecule has 2 nitrogen and oxygen atoms in total. The van der Waals surface area contributed by atoms with Crippen LogP contribution in [0.25, 0.3) is 5.57 Å². The van der Waals surface area contributed by atoms with Crippen LogP contribution in [-0.4, -0.2) is 12.4 Å². The van der Waals surface area contributed by atoms with Crippen LogP contribution in [0.4, 0.5) is 0 Å². The Labute approximate surface area is 253 Å². The van der Waals surface area contributed by atoms with Crippen molar-refractivity contribution in [3.63, 3.8) is 0 Å². The number of carbonyl (C=O) groups is 1. The second kappa shape index (κ2) is 17.3. The van der Waals surface area contributed by atoms with Crippen molar-refractivity contribution < 1.29 is 9.53 Å². The highest BCUT2D eigenvalue weighted by Crippen LogP contribution is 2.54. The molecule has 2 aromatic carbocycles. The molecule has 0 spiro atoms. The highest BCUT2D eigenvalue weighted by atomic mass is 79.9. The minimum Gasteiger partial charge on any atom is -0.493 e. The number of allylic oxidation sites excluding steroid dienone is 2. The maximum Gasteiger partial charge on any atom is 0.169 e. The minimum atomic E-state index is -0.199. The zero-order valence-corrected chi connectivity index (χ0v) is 28.4. The van der Waals surface area contributed by atoms with Crippen molar-refractivity contribution in [3.05, 3.63) is 68.7 Å². The van der Waals surface area contributed by atoms with E-state index in [1.54, 1.807) is 0 Å². The molecule has 0 aromatic heterocycles. The number of carbonyl (C=O) groups excluding carboxylic acids is 1. The number of ether oxygens (including phenoxy) is 1. The van der Waals surface area contributed by atoms with Gasteiger partial charge < -0.3 is 4.74 Å². The van der Waals surface area contributed by atoms with Crippen molar-refractivity contribution in [1.29, 1.82) is 0 Å². The first-order valence-corrected chi connectivity index (χ1v) is 16.2. The van der Waals surface area contributed by atoms with Gasteiger partial charge in [0.2, 0.25) is 0 Å². The van der Waals surface area contributed by atoms with E-state index >= 15 is 0 Å². The van der Waals surface area contributed by atoms with Crippen LogP contribution >= 0.6 is 27.5 Å². The van der Waals surface area contributed by atoms with E-state index in [1.165, 1.54) is 24.8 Å². The van der Waals surface area contributed by atoms with Gasteiger partial charge in [-0.05, 0) is 96.9 Å². The van der Waals surface area contributed by atoms with Crippen molar-refractivity contribution in [2.24, 2.45) is 17.3 Å². The van der Waals surface area contributed by atoms with E-state index in [2.05, 4.69) is 56.6 Å². The molecule has 1 fully saturated rings. The van der Waals surface area contributed by atoms with E-state index in [4.69, 9.17) is 16.3 Å². The van der Waals surface area contributed by atoms with E-state index in [-0.39, 0.29) is 11.7 Å². The van der Waals surface area contributed by atoms with Crippen LogP contribution in [0.15, 0.2) is 46.9 Å². The second-order valence-corrected chi connectivity index (χ2v) is 11.8. The molecule has 1 heterocycles. The summed E-state index contributed by atoms with van der Waals surface area (Å²) in [6, 6.07) is 11.8. The smallest absolute Gasteiger partial charge is 0.169 e. The molecule has 0 saturated heterocycles. The standard InChI is InChI=1S/C23H24BrClO2.C8H16.2C2H6/c1-4-14(3)21-12-17(24)6-8-20(21)19(5-2)23(26)16-10-15-11-18(25)7-9-22(15)27-13-16;1-4-8(5-6-8)7(2)3;2*1-2/h5-9,11-12,14,16H,4,10,13H2,1-3H3;7H,4-6H2,1-3H3;2*1-2H3/b19-5+;;;. The molecule has 0 bridgehead atoms. The molecule has 2 aromatic rings.